The maximum atomic E-state index is 9.86. The van der Waals surface area contributed by atoms with Gasteiger partial charge in [0.25, 0.3) is 0 Å². The number of aryl methyl sites for hydroxylation is 1. The molecule has 2 rings (SSSR count). The molecule has 1 aliphatic rings. The van der Waals surface area contributed by atoms with Crippen LogP contribution >= 0.6 is 12.4 Å². The molecule has 0 radical (unpaired) electrons. The Bertz CT molecular complexity index is 336. The maximum Gasteiger partial charge on any atom is 0.123 e. The number of benzene rings is 1. The highest BCUT2D eigenvalue weighted by atomic mass is 35.5. The summed E-state index contributed by atoms with van der Waals surface area (Å²) in [6.45, 7) is 1.91. The Morgan fingerprint density at radius 3 is 2.60 bits per heavy atom. The van der Waals surface area contributed by atoms with E-state index in [0.29, 0.717) is 11.7 Å². The number of phenolic OH excluding ortho intramolecular Hbond substituents is 1. The average Bonchev–Trinajstić information content (AvgIpc) is 2.06. The maximum absolute atomic E-state index is 9.86. The normalized spacial score (nSPS) is 17.7. The first-order valence-corrected chi connectivity index (χ1v) is 5.24. The molecule has 15 heavy (non-hydrogen) atoms. The van der Waals surface area contributed by atoms with Crippen LogP contribution in [-0.4, -0.2) is 5.11 Å². The quantitative estimate of drug-likeness (QED) is 0.816. The zero-order chi connectivity index (χ0) is 10.1. The Hall–Kier alpha value is -0.730. The third-order valence-electron chi connectivity index (χ3n) is 3.29. The molecule has 3 N–H and O–H groups in total. The van der Waals surface area contributed by atoms with Gasteiger partial charge in [0.1, 0.15) is 5.75 Å². The summed E-state index contributed by atoms with van der Waals surface area (Å²) in [6.07, 6.45) is 3.69. The molecule has 0 aliphatic heterocycles. The van der Waals surface area contributed by atoms with Crippen LogP contribution in [0.2, 0.25) is 0 Å². The lowest BCUT2D eigenvalue weighted by atomic mass is 9.77. The summed E-state index contributed by atoms with van der Waals surface area (Å²) in [6, 6.07) is 5.82. The number of hydrogen-bond donors (Lipinski definition) is 2. The van der Waals surface area contributed by atoms with Crippen LogP contribution in [0.1, 0.15) is 36.4 Å². The number of nitrogens with two attached hydrogens (primary N) is 1. The first-order chi connectivity index (χ1) is 6.70. The van der Waals surface area contributed by atoms with Gasteiger partial charge < -0.3 is 10.8 Å². The molecule has 2 nitrogen and oxygen atoms in total. The molecular formula is C12H18ClNO. The van der Waals surface area contributed by atoms with Gasteiger partial charge in [0.15, 0.2) is 0 Å². The fraction of sp³-hybridized carbons (Fsp3) is 0.500. The van der Waals surface area contributed by atoms with Crippen LogP contribution in [0.25, 0.3) is 0 Å². The van der Waals surface area contributed by atoms with Gasteiger partial charge in [-0.05, 0) is 31.2 Å². The van der Waals surface area contributed by atoms with Gasteiger partial charge in [0.05, 0.1) is 0 Å². The predicted molar refractivity (Wildman–Crippen MR) is 64.4 cm³/mol. The molecular weight excluding hydrogens is 210 g/mol. The molecule has 0 aromatic heterocycles. The smallest absolute Gasteiger partial charge is 0.123 e. The van der Waals surface area contributed by atoms with Crippen molar-refractivity contribution in [3.8, 4) is 5.75 Å². The standard InChI is InChI=1S/C12H17NO.ClH/c1-8-4-2-7-10(12(8)14)11(13)9-5-3-6-9;/h2,4,7,9,11,14H,3,5-6,13H2,1H3;1H/t11-;/m1./s1. The molecule has 0 saturated heterocycles. The molecule has 0 amide bonds. The lowest BCUT2D eigenvalue weighted by Gasteiger charge is -2.31. The third-order valence-corrected chi connectivity index (χ3v) is 3.29. The minimum absolute atomic E-state index is 0. The van der Waals surface area contributed by atoms with Gasteiger partial charge >= 0.3 is 0 Å². The van der Waals surface area contributed by atoms with E-state index < -0.39 is 0 Å². The predicted octanol–water partition coefficient (Wildman–Crippen LogP) is 2.92. The van der Waals surface area contributed by atoms with Crippen molar-refractivity contribution in [1.29, 1.82) is 0 Å². The van der Waals surface area contributed by atoms with Gasteiger partial charge in [0.2, 0.25) is 0 Å². The first-order valence-electron chi connectivity index (χ1n) is 5.24. The second-order valence-corrected chi connectivity index (χ2v) is 4.23. The highest BCUT2D eigenvalue weighted by Crippen LogP contribution is 2.39. The van der Waals surface area contributed by atoms with E-state index in [1.54, 1.807) is 0 Å². The van der Waals surface area contributed by atoms with Crippen LogP contribution in [0, 0.1) is 12.8 Å². The molecule has 0 spiro atoms. The molecule has 1 saturated carbocycles. The third kappa shape index (κ3) is 2.27. The number of aromatic hydroxyl groups is 1. The number of para-hydroxylation sites is 1. The lowest BCUT2D eigenvalue weighted by Crippen LogP contribution is -2.26. The van der Waals surface area contributed by atoms with E-state index in [-0.39, 0.29) is 18.4 Å². The van der Waals surface area contributed by atoms with Crippen molar-refractivity contribution in [2.45, 2.75) is 32.2 Å². The SMILES string of the molecule is Cc1cccc([C@H](N)C2CCC2)c1O.Cl. The van der Waals surface area contributed by atoms with Crippen LogP contribution in [0.3, 0.4) is 0 Å². The Morgan fingerprint density at radius 1 is 1.40 bits per heavy atom. The summed E-state index contributed by atoms with van der Waals surface area (Å²) >= 11 is 0. The van der Waals surface area contributed by atoms with Gasteiger partial charge in [-0.25, -0.2) is 0 Å². The topological polar surface area (TPSA) is 46.2 Å². The average molecular weight is 228 g/mol. The van der Waals surface area contributed by atoms with Crippen LogP contribution in [-0.2, 0) is 0 Å². The Labute approximate surface area is 96.9 Å². The first kappa shape index (κ1) is 12.3. The zero-order valence-electron chi connectivity index (χ0n) is 8.94. The van der Waals surface area contributed by atoms with Crippen molar-refractivity contribution >= 4 is 12.4 Å². The Morgan fingerprint density at radius 2 is 2.07 bits per heavy atom. The minimum Gasteiger partial charge on any atom is -0.507 e. The molecule has 1 fully saturated rings. The largest absolute Gasteiger partial charge is 0.507 e. The van der Waals surface area contributed by atoms with Gasteiger partial charge in [-0.1, -0.05) is 24.6 Å². The highest BCUT2D eigenvalue weighted by Gasteiger charge is 2.27. The van der Waals surface area contributed by atoms with E-state index >= 15 is 0 Å². The molecule has 1 aliphatic carbocycles. The van der Waals surface area contributed by atoms with E-state index in [1.165, 1.54) is 19.3 Å². The summed E-state index contributed by atoms with van der Waals surface area (Å²) in [5, 5.41) is 9.86. The summed E-state index contributed by atoms with van der Waals surface area (Å²) in [4.78, 5) is 0. The number of rotatable bonds is 2. The molecule has 0 heterocycles. The number of hydrogen-bond acceptors (Lipinski definition) is 2. The molecule has 0 unspecified atom stereocenters. The minimum atomic E-state index is 0. The molecule has 1 atom stereocenters. The summed E-state index contributed by atoms with van der Waals surface area (Å²) < 4.78 is 0. The van der Waals surface area contributed by atoms with Gasteiger partial charge in [-0.3, -0.25) is 0 Å². The number of phenols is 1. The van der Waals surface area contributed by atoms with E-state index in [1.807, 2.05) is 25.1 Å². The fourth-order valence-corrected chi connectivity index (χ4v) is 2.00. The second kappa shape index (κ2) is 4.86. The van der Waals surface area contributed by atoms with Gasteiger partial charge in [0, 0.05) is 11.6 Å². The summed E-state index contributed by atoms with van der Waals surface area (Å²) in [5.74, 6) is 0.953. The molecule has 84 valence electrons. The second-order valence-electron chi connectivity index (χ2n) is 4.23. The van der Waals surface area contributed by atoms with Crippen molar-refractivity contribution in [2.75, 3.05) is 0 Å². The van der Waals surface area contributed by atoms with Crippen molar-refractivity contribution < 1.29 is 5.11 Å². The molecule has 3 heteroatoms. The van der Waals surface area contributed by atoms with Gasteiger partial charge in [-0.2, -0.15) is 0 Å². The zero-order valence-corrected chi connectivity index (χ0v) is 9.76. The lowest BCUT2D eigenvalue weighted by molar-refractivity contribution is 0.260. The van der Waals surface area contributed by atoms with Crippen molar-refractivity contribution in [3.05, 3.63) is 29.3 Å². The summed E-state index contributed by atoms with van der Waals surface area (Å²) in [7, 11) is 0. The van der Waals surface area contributed by atoms with Crippen LogP contribution in [0.4, 0.5) is 0 Å². The Kier molecular flexibility index (Phi) is 4.00. The summed E-state index contributed by atoms with van der Waals surface area (Å²) in [5.41, 5.74) is 7.94. The van der Waals surface area contributed by atoms with E-state index in [4.69, 9.17) is 5.73 Å². The van der Waals surface area contributed by atoms with Crippen molar-refractivity contribution in [2.24, 2.45) is 11.7 Å². The Balaban J connectivity index is 0.00000112. The van der Waals surface area contributed by atoms with Crippen molar-refractivity contribution in [1.82, 2.24) is 0 Å². The van der Waals surface area contributed by atoms with Crippen molar-refractivity contribution in [3.63, 3.8) is 0 Å². The fourth-order valence-electron chi connectivity index (χ4n) is 2.00. The molecule has 1 aromatic rings. The van der Waals surface area contributed by atoms with Gasteiger partial charge in [-0.15, -0.1) is 12.4 Å². The van der Waals surface area contributed by atoms with E-state index in [0.717, 1.165) is 11.1 Å². The van der Waals surface area contributed by atoms with E-state index in [9.17, 15) is 5.11 Å². The highest BCUT2D eigenvalue weighted by molar-refractivity contribution is 5.85. The number of halogens is 1. The van der Waals surface area contributed by atoms with Crippen LogP contribution < -0.4 is 5.73 Å². The molecule has 0 bridgehead atoms. The monoisotopic (exact) mass is 227 g/mol. The van der Waals surface area contributed by atoms with E-state index in [2.05, 4.69) is 0 Å². The van der Waals surface area contributed by atoms with Crippen LogP contribution in [0.5, 0.6) is 5.75 Å². The molecule has 1 aromatic carbocycles. The van der Waals surface area contributed by atoms with Crippen LogP contribution in [0.15, 0.2) is 18.2 Å².